The largest absolute Gasteiger partial charge is 0.370 e. The summed E-state index contributed by atoms with van der Waals surface area (Å²) in [6.45, 7) is 13.2. The number of anilines is 2. The van der Waals surface area contributed by atoms with Gasteiger partial charge in [-0.3, -0.25) is 9.59 Å². The molecule has 2 fully saturated rings. The molecule has 7 heteroatoms. The summed E-state index contributed by atoms with van der Waals surface area (Å²) in [7, 11) is 0. The maximum atomic E-state index is 12.3. The number of hydrogen-bond donors (Lipinski definition) is 1. The lowest BCUT2D eigenvalue weighted by molar-refractivity contribution is -0.125. The predicted molar refractivity (Wildman–Crippen MR) is 127 cm³/mol. The highest BCUT2D eigenvalue weighted by molar-refractivity contribution is 7.13. The second kappa shape index (κ2) is 10.6. The first kappa shape index (κ1) is 23.0. The Hall–Kier alpha value is -2.64. The Bertz CT molecular complexity index is 896. The Labute approximate surface area is 188 Å². The molecule has 0 bridgehead atoms. The van der Waals surface area contributed by atoms with E-state index in [0.29, 0.717) is 31.7 Å². The number of aryl methyl sites for hydroxylation is 1. The van der Waals surface area contributed by atoms with Crippen LogP contribution in [0.5, 0.6) is 0 Å². The van der Waals surface area contributed by atoms with Crippen molar-refractivity contribution in [2.24, 2.45) is 5.92 Å². The van der Waals surface area contributed by atoms with Crippen LogP contribution in [0.25, 0.3) is 0 Å². The lowest BCUT2D eigenvalue weighted by Gasteiger charge is -2.28. The molecular weight excluding hydrogens is 410 g/mol. The summed E-state index contributed by atoms with van der Waals surface area (Å²) in [6.07, 6.45) is 1.05. The average molecular weight is 442 g/mol. The van der Waals surface area contributed by atoms with Crippen LogP contribution in [-0.4, -0.2) is 50.7 Å². The van der Waals surface area contributed by atoms with Gasteiger partial charge in [0.1, 0.15) is 6.61 Å². The molecule has 2 unspecified atom stereocenters. The van der Waals surface area contributed by atoms with Gasteiger partial charge in [-0.1, -0.05) is 0 Å². The molecule has 0 radical (unpaired) electrons. The number of ether oxygens (including phenoxy) is 1. The molecule has 1 aromatic heterocycles. The summed E-state index contributed by atoms with van der Waals surface area (Å²) in [4.78, 5) is 30.4. The van der Waals surface area contributed by atoms with Gasteiger partial charge in [-0.25, -0.2) is 0 Å². The van der Waals surface area contributed by atoms with E-state index in [1.165, 1.54) is 11.3 Å². The molecule has 2 saturated heterocycles. The molecule has 6 nitrogen and oxygen atoms in total. The third-order valence-corrected chi connectivity index (χ3v) is 6.66. The quantitative estimate of drug-likeness (QED) is 0.716. The third-order valence-electron chi connectivity index (χ3n) is 5.66. The summed E-state index contributed by atoms with van der Waals surface area (Å²) in [5.41, 5.74) is 2.08. The average Bonchev–Trinajstić information content (AvgIpc) is 3.39. The van der Waals surface area contributed by atoms with Crippen molar-refractivity contribution in [1.29, 1.82) is 0 Å². The standard InChI is InChI=1S/C22H27N3O3S.C2H4/c1-15-11-17(12-23-22(27)20-8-3-16(2)29-20)13-25(15)19-6-4-18(5-7-19)24-9-10-28-14-21(24)26;1-2/h3-8,15,17H,9-14H2,1-2H3,(H,23,27);1-2H2. The number of benzene rings is 1. The molecule has 2 amide bonds. The van der Waals surface area contributed by atoms with E-state index in [9.17, 15) is 9.59 Å². The van der Waals surface area contributed by atoms with E-state index in [-0.39, 0.29) is 18.4 Å². The Kier molecular flexibility index (Phi) is 7.87. The van der Waals surface area contributed by atoms with E-state index in [1.54, 1.807) is 4.90 Å². The summed E-state index contributed by atoms with van der Waals surface area (Å²) in [5, 5.41) is 3.09. The van der Waals surface area contributed by atoms with Crippen molar-refractivity contribution in [3.05, 3.63) is 59.3 Å². The Morgan fingerprint density at radius 3 is 2.55 bits per heavy atom. The van der Waals surface area contributed by atoms with Crippen LogP contribution in [0.4, 0.5) is 11.4 Å². The molecule has 0 spiro atoms. The van der Waals surface area contributed by atoms with Gasteiger partial charge < -0.3 is 19.9 Å². The van der Waals surface area contributed by atoms with E-state index < -0.39 is 0 Å². The smallest absolute Gasteiger partial charge is 0.261 e. The number of nitrogens with one attached hydrogen (secondary N) is 1. The number of thiophene rings is 1. The van der Waals surface area contributed by atoms with Crippen molar-refractivity contribution in [1.82, 2.24) is 5.32 Å². The van der Waals surface area contributed by atoms with Crippen LogP contribution in [0.2, 0.25) is 0 Å². The molecule has 2 atom stereocenters. The molecule has 0 saturated carbocycles. The number of carbonyl (C=O) groups excluding carboxylic acids is 2. The fourth-order valence-electron chi connectivity index (χ4n) is 4.15. The molecular formula is C24H31N3O3S. The second-order valence-electron chi connectivity index (χ2n) is 7.84. The zero-order valence-corrected chi connectivity index (χ0v) is 19.1. The van der Waals surface area contributed by atoms with Gasteiger partial charge in [0.2, 0.25) is 0 Å². The normalized spacial score (nSPS) is 20.9. The number of morpholine rings is 1. The van der Waals surface area contributed by atoms with Crippen LogP contribution in [0.1, 0.15) is 27.9 Å². The van der Waals surface area contributed by atoms with Crippen molar-refractivity contribution in [2.45, 2.75) is 26.3 Å². The Morgan fingerprint density at radius 1 is 1.19 bits per heavy atom. The molecule has 31 heavy (non-hydrogen) atoms. The molecule has 2 aliphatic rings. The number of nitrogens with zero attached hydrogens (tertiary/aromatic N) is 2. The van der Waals surface area contributed by atoms with Gasteiger partial charge >= 0.3 is 0 Å². The highest BCUT2D eigenvalue weighted by Gasteiger charge is 2.30. The van der Waals surface area contributed by atoms with Crippen molar-refractivity contribution in [2.75, 3.05) is 42.6 Å². The van der Waals surface area contributed by atoms with Gasteiger partial charge in [-0.05, 0) is 62.6 Å². The first-order chi connectivity index (χ1) is 15.0. The van der Waals surface area contributed by atoms with Crippen molar-refractivity contribution < 1.29 is 14.3 Å². The van der Waals surface area contributed by atoms with Crippen molar-refractivity contribution in [3.63, 3.8) is 0 Å². The van der Waals surface area contributed by atoms with Crippen molar-refractivity contribution >= 4 is 34.5 Å². The summed E-state index contributed by atoms with van der Waals surface area (Å²) in [6, 6.07) is 12.5. The monoisotopic (exact) mass is 441 g/mol. The topological polar surface area (TPSA) is 61.9 Å². The number of carbonyl (C=O) groups is 2. The number of rotatable bonds is 5. The van der Waals surface area contributed by atoms with Crippen LogP contribution in [0.15, 0.2) is 49.6 Å². The Morgan fingerprint density at radius 2 is 1.90 bits per heavy atom. The first-order valence-electron chi connectivity index (χ1n) is 10.6. The summed E-state index contributed by atoms with van der Waals surface area (Å²) < 4.78 is 5.20. The van der Waals surface area contributed by atoms with Gasteiger partial charge in [0, 0.05) is 41.9 Å². The van der Waals surface area contributed by atoms with E-state index in [0.717, 1.165) is 34.1 Å². The van der Waals surface area contributed by atoms with E-state index in [1.807, 2.05) is 31.2 Å². The second-order valence-corrected chi connectivity index (χ2v) is 9.13. The molecule has 2 aromatic rings. The number of hydrogen-bond acceptors (Lipinski definition) is 5. The lowest BCUT2D eigenvalue weighted by atomic mass is 10.1. The molecule has 4 rings (SSSR count). The molecule has 2 aliphatic heterocycles. The van der Waals surface area contributed by atoms with Crippen LogP contribution >= 0.6 is 11.3 Å². The molecule has 1 aromatic carbocycles. The summed E-state index contributed by atoms with van der Waals surface area (Å²) >= 11 is 1.53. The van der Waals surface area contributed by atoms with Gasteiger partial charge in [0.15, 0.2) is 0 Å². The first-order valence-corrected chi connectivity index (χ1v) is 11.4. The molecule has 0 aliphatic carbocycles. The number of amides is 2. The Balaban J connectivity index is 0.00000132. The van der Waals surface area contributed by atoms with Gasteiger partial charge in [0.05, 0.1) is 11.5 Å². The fourth-order valence-corrected chi connectivity index (χ4v) is 4.93. The van der Waals surface area contributed by atoms with Crippen LogP contribution < -0.4 is 15.1 Å². The molecule has 3 heterocycles. The maximum Gasteiger partial charge on any atom is 0.261 e. The van der Waals surface area contributed by atoms with E-state index in [4.69, 9.17) is 4.74 Å². The third kappa shape index (κ3) is 5.54. The highest BCUT2D eigenvalue weighted by Crippen LogP contribution is 2.30. The van der Waals surface area contributed by atoms with Gasteiger partial charge in [-0.15, -0.1) is 24.5 Å². The summed E-state index contributed by atoms with van der Waals surface area (Å²) in [5.74, 6) is 0.458. The lowest BCUT2D eigenvalue weighted by Crippen LogP contribution is -2.41. The van der Waals surface area contributed by atoms with Crippen LogP contribution in [0.3, 0.4) is 0 Å². The van der Waals surface area contributed by atoms with Crippen LogP contribution in [-0.2, 0) is 9.53 Å². The maximum absolute atomic E-state index is 12.3. The minimum absolute atomic E-state index is 0.00952. The fraction of sp³-hybridized carbons (Fsp3) is 0.417. The minimum atomic E-state index is 0.00952. The minimum Gasteiger partial charge on any atom is -0.370 e. The van der Waals surface area contributed by atoms with Gasteiger partial charge in [0.25, 0.3) is 11.8 Å². The van der Waals surface area contributed by atoms with E-state index in [2.05, 4.69) is 42.4 Å². The van der Waals surface area contributed by atoms with Crippen molar-refractivity contribution in [3.8, 4) is 0 Å². The van der Waals surface area contributed by atoms with E-state index >= 15 is 0 Å². The zero-order chi connectivity index (χ0) is 22.4. The molecule has 166 valence electrons. The molecule has 1 N–H and O–H groups in total. The van der Waals surface area contributed by atoms with Crippen LogP contribution in [0, 0.1) is 12.8 Å². The zero-order valence-electron chi connectivity index (χ0n) is 18.3. The predicted octanol–water partition coefficient (Wildman–Crippen LogP) is 3.87. The highest BCUT2D eigenvalue weighted by atomic mass is 32.1. The van der Waals surface area contributed by atoms with Gasteiger partial charge in [-0.2, -0.15) is 0 Å². The SMILES string of the molecule is C=C.Cc1ccc(C(=O)NCC2CC(C)N(c3ccc(N4CCOCC4=O)cc3)C2)s1.